The molecule has 0 heterocycles. The van der Waals surface area contributed by atoms with Crippen molar-refractivity contribution in [2.75, 3.05) is 12.3 Å². The summed E-state index contributed by atoms with van der Waals surface area (Å²) in [7, 11) is 0. The molecule has 14 heavy (non-hydrogen) atoms. The molecule has 0 atom stereocenters. The average Bonchev–Trinajstić information content (AvgIpc) is 2.97. The summed E-state index contributed by atoms with van der Waals surface area (Å²) >= 11 is 3.50. The highest BCUT2D eigenvalue weighted by Gasteiger charge is 2.22. The lowest BCUT2D eigenvalue weighted by atomic mass is 10.2. The lowest BCUT2D eigenvalue weighted by Crippen LogP contribution is -2.01. The van der Waals surface area contributed by atoms with Crippen LogP contribution in [0.3, 0.4) is 0 Å². The number of halogens is 1. The normalized spacial score (nSPS) is 15.6. The third-order valence-corrected chi connectivity index (χ3v) is 3.55. The highest BCUT2D eigenvalue weighted by Crippen LogP contribution is 2.34. The number of rotatable bonds is 3. The van der Waals surface area contributed by atoms with Crippen LogP contribution >= 0.6 is 15.9 Å². The van der Waals surface area contributed by atoms with E-state index in [1.807, 2.05) is 19.1 Å². The fourth-order valence-corrected chi connectivity index (χ4v) is 1.75. The topological polar surface area (TPSA) is 35.2 Å². The molecule has 0 radical (unpaired) electrons. The number of hydrogen-bond donors (Lipinski definition) is 1. The molecule has 0 saturated heterocycles. The maximum absolute atomic E-state index is 5.77. The summed E-state index contributed by atoms with van der Waals surface area (Å²) in [6.45, 7) is 2.82. The van der Waals surface area contributed by atoms with Crippen LogP contribution in [0.25, 0.3) is 0 Å². The summed E-state index contributed by atoms with van der Waals surface area (Å²) in [5.41, 5.74) is 7.63. The van der Waals surface area contributed by atoms with E-state index >= 15 is 0 Å². The first-order valence-corrected chi connectivity index (χ1v) is 5.65. The molecular formula is C11H14BrNO. The smallest absolute Gasteiger partial charge is 0.133 e. The maximum atomic E-state index is 5.77. The Hall–Kier alpha value is -0.700. The van der Waals surface area contributed by atoms with Crippen molar-refractivity contribution in [2.45, 2.75) is 19.8 Å². The number of anilines is 1. The standard InChI is InChI=1S/C11H14BrNO/c1-7-9(13)4-5-10(11(7)12)14-6-8-2-3-8/h4-5,8H,2-3,6,13H2,1H3. The second-order valence-electron chi connectivity index (χ2n) is 3.85. The molecule has 1 saturated carbocycles. The number of benzene rings is 1. The van der Waals surface area contributed by atoms with Crippen LogP contribution < -0.4 is 10.5 Å². The minimum atomic E-state index is 0.778. The van der Waals surface area contributed by atoms with Gasteiger partial charge >= 0.3 is 0 Å². The summed E-state index contributed by atoms with van der Waals surface area (Å²) < 4.78 is 6.68. The van der Waals surface area contributed by atoms with E-state index in [0.29, 0.717) is 0 Å². The first kappa shape index (κ1) is 9.84. The van der Waals surface area contributed by atoms with Gasteiger partial charge in [0.05, 0.1) is 11.1 Å². The Morgan fingerprint density at radius 3 is 2.86 bits per heavy atom. The Balaban J connectivity index is 2.11. The van der Waals surface area contributed by atoms with Crippen molar-refractivity contribution in [2.24, 2.45) is 5.92 Å². The predicted molar refractivity (Wildman–Crippen MR) is 61.5 cm³/mol. The molecule has 0 aliphatic heterocycles. The Labute approximate surface area is 92.6 Å². The molecule has 0 amide bonds. The first-order valence-electron chi connectivity index (χ1n) is 4.86. The van der Waals surface area contributed by atoms with Gasteiger partial charge in [-0.25, -0.2) is 0 Å². The van der Waals surface area contributed by atoms with Crippen molar-refractivity contribution in [3.63, 3.8) is 0 Å². The molecule has 76 valence electrons. The largest absolute Gasteiger partial charge is 0.492 e. The molecule has 0 aromatic heterocycles. The molecule has 0 unspecified atom stereocenters. The van der Waals surface area contributed by atoms with E-state index in [2.05, 4.69) is 15.9 Å². The lowest BCUT2D eigenvalue weighted by Gasteiger charge is -2.10. The number of nitrogen functional groups attached to an aromatic ring is 1. The molecular weight excluding hydrogens is 242 g/mol. The third kappa shape index (κ3) is 2.03. The Morgan fingerprint density at radius 2 is 2.21 bits per heavy atom. The van der Waals surface area contributed by atoms with Gasteiger partial charge in [0, 0.05) is 5.69 Å². The second kappa shape index (κ2) is 3.81. The fourth-order valence-electron chi connectivity index (χ4n) is 1.28. The van der Waals surface area contributed by atoms with Crippen molar-refractivity contribution >= 4 is 21.6 Å². The number of hydrogen-bond acceptors (Lipinski definition) is 2. The predicted octanol–water partition coefficient (Wildman–Crippen LogP) is 3.13. The molecule has 1 aromatic rings. The van der Waals surface area contributed by atoms with Gasteiger partial charge in [0.15, 0.2) is 0 Å². The Morgan fingerprint density at radius 1 is 1.50 bits per heavy atom. The molecule has 2 rings (SSSR count). The van der Waals surface area contributed by atoms with Crippen LogP contribution in [0.15, 0.2) is 16.6 Å². The van der Waals surface area contributed by atoms with E-state index in [1.165, 1.54) is 12.8 Å². The monoisotopic (exact) mass is 255 g/mol. The Kier molecular flexibility index (Phi) is 2.68. The molecule has 3 heteroatoms. The van der Waals surface area contributed by atoms with E-state index in [0.717, 1.165) is 34.0 Å². The fraction of sp³-hybridized carbons (Fsp3) is 0.455. The third-order valence-electron chi connectivity index (χ3n) is 2.56. The van der Waals surface area contributed by atoms with Crippen LogP contribution in [0.5, 0.6) is 5.75 Å². The highest BCUT2D eigenvalue weighted by molar-refractivity contribution is 9.10. The van der Waals surface area contributed by atoms with Crippen molar-refractivity contribution in [3.05, 3.63) is 22.2 Å². The molecule has 2 nitrogen and oxygen atoms in total. The van der Waals surface area contributed by atoms with Gasteiger partial charge in [-0.2, -0.15) is 0 Å². The van der Waals surface area contributed by atoms with E-state index in [9.17, 15) is 0 Å². The van der Waals surface area contributed by atoms with E-state index < -0.39 is 0 Å². The van der Waals surface area contributed by atoms with Gasteiger partial charge in [0.25, 0.3) is 0 Å². The van der Waals surface area contributed by atoms with Crippen molar-refractivity contribution in [1.82, 2.24) is 0 Å². The molecule has 2 N–H and O–H groups in total. The van der Waals surface area contributed by atoms with E-state index in [1.54, 1.807) is 0 Å². The zero-order chi connectivity index (χ0) is 10.1. The van der Waals surface area contributed by atoms with Gasteiger partial charge in [-0.05, 0) is 59.3 Å². The summed E-state index contributed by atoms with van der Waals surface area (Å²) in [5.74, 6) is 1.68. The molecule has 0 spiro atoms. The van der Waals surface area contributed by atoms with Gasteiger partial charge in [0.2, 0.25) is 0 Å². The van der Waals surface area contributed by atoms with Crippen molar-refractivity contribution in [3.8, 4) is 5.75 Å². The van der Waals surface area contributed by atoms with Crippen LogP contribution in [0, 0.1) is 12.8 Å². The van der Waals surface area contributed by atoms with Gasteiger partial charge in [-0.1, -0.05) is 0 Å². The highest BCUT2D eigenvalue weighted by atomic mass is 79.9. The van der Waals surface area contributed by atoms with Gasteiger partial charge < -0.3 is 10.5 Å². The minimum Gasteiger partial charge on any atom is -0.492 e. The lowest BCUT2D eigenvalue weighted by molar-refractivity contribution is 0.298. The molecule has 1 aliphatic carbocycles. The minimum absolute atomic E-state index is 0.778. The maximum Gasteiger partial charge on any atom is 0.133 e. The molecule has 1 aliphatic rings. The van der Waals surface area contributed by atoms with Crippen LogP contribution in [-0.4, -0.2) is 6.61 Å². The Bertz CT molecular complexity index is 347. The van der Waals surface area contributed by atoms with Crippen molar-refractivity contribution in [1.29, 1.82) is 0 Å². The quantitative estimate of drug-likeness (QED) is 0.843. The van der Waals surface area contributed by atoms with Crippen LogP contribution in [0.1, 0.15) is 18.4 Å². The second-order valence-corrected chi connectivity index (χ2v) is 4.64. The van der Waals surface area contributed by atoms with Gasteiger partial charge in [0.1, 0.15) is 5.75 Å². The summed E-state index contributed by atoms with van der Waals surface area (Å²) in [6, 6.07) is 3.82. The van der Waals surface area contributed by atoms with Gasteiger partial charge in [-0.3, -0.25) is 0 Å². The van der Waals surface area contributed by atoms with E-state index in [4.69, 9.17) is 10.5 Å². The SMILES string of the molecule is Cc1c(N)ccc(OCC2CC2)c1Br. The van der Waals surface area contributed by atoms with E-state index in [-0.39, 0.29) is 0 Å². The van der Waals surface area contributed by atoms with Crippen molar-refractivity contribution < 1.29 is 4.74 Å². The molecule has 1 fully saturated rings. The first-order chi connectivity index (χ1) is 6.68. The summed E-state index contributed by atoms with van der Waals surface area (Å²) in [4.78, 5) is 0. The zero-order valence-electron chi connectivity index (χ0n) is 8.22. The average molecular weight is 256 g/mol. The van der Waals surface area contributed by atoms with Gasteiger partial charge in [-0.15, -0.1) is 0 Å². The summed E-state index contributed by atoms with van der Waals surface area (Å²) in [6.07, 6.45) is 2.62. The molecule has 1 aromatic carbocycles. The number of ether oxygens (including phenoxy) is 1. The zero-order valence-corrected chi connectivity index (χ0v) is 9.80. The number of nitrogens with two attached hydrogens (primary N) is 1. The van der Waals surface area contributed by atoms with Crippen LogP contribution in [-0.2, 0) is 0 Å². The van der Waals surface area contributed by atoms with Crippen LogP contribution in [0.2, 0.25) is 0 Å². The van der Waals surface area contributed by atoms with Crippen LogP contribution in [0.4, 0.5) is 5.69 Å². The summed E-state index contributed by atoms with van der Waals surface area (Å²) in [5, 5.41) is 0. The molecule has 0 bridgehead atoms.